The van der Waals surface area contributed by atoms with Crippen LogP contribution in [0.3, 0.4) is 0 Å². The van der Waals surface area contributed by atoms with Crippen molar-refractivity contribution in [2.45, 2.75) is 12.5 Å². The molecule has 1 aliphatic heterocycles. The van der Waals surface area contributed by atoms with Crippen molar-refractivity contribution in [3.8, 4) is 17.2 Å². The third kappa shape index (κ3) is 1.93. The first-order chi connectivity index (χ1) is 7.68. The minimum Gasteiger partial charge on any atom is -0.493 e. The molecule has 0 atom stereocenters. The van der Waals surface area contributed by atoms with Crippen LogP contribution >= 0.6 is 0 Å². The van der Waals surface area contributed by atoms with Crippen molar-refractivity contribution in [2.24, 2.45) is 0 Å². The number of ether oxygens (including phenoxy) is 3. The molecular formula is C12H17NO3. The summed E-state index contributed by atoms with van der Waals surface area (Å²) in [6.07, 6.45) is 0. The molecule has 1 aromatic rings. The highest BCUT2D eigenvalue weighted by molar-refractivity contribution is 5.51. The maximum Gasteiger partial charge on any atom is 0.203 e. The molecule has 0 aliphatic carbocycles. The summed E-state index contributed by atoms with van der Waals surface area (Å²) in [5, 5.41) is 3.19. The number of benzene rings is 1. The van der Waals surface area contributed by atoms with Crippen LogP contribution in [0.25, 0.3) is 0 Å². The summed E-state index contributed by atoms with van der Waals surface area (Å²) in [5.41, 5.74) is -0.139. The fourth-order valence-electron chi connectivity index (χ4n) is 1.75. The van der Waals surface area contributed by atoms with E-state index in [0.29, 0.717) is 11.5 Å². The minimum absolute atomic E-state index is 0.139. The highest BCUT2D eigenvalue weighted by Gasteiger charge is 2.34. The molecular weight excluding hydrogens is 206 g/mol. The summed E-state index contributed by atoms with van der Waals surface area (Å²) in [5.74, 6) is 2.07. The monoisotopic (exact) mass is 223 g/mol. The van der Waals surface area contributed by atoms with Gasteiger partial charge in [-0.2, -0.15) is 0 Å². The van der Waals surface area contributed by atoms with Gasteiger partial charge in [-0.1, -0.05) is 6.07 Å². The molecule has 0 aromatic heterocycles. The lowest BCUT2D eigenvalue weighted by Gasteiger charge is -2.39. The predicted octanol–water partition coefficient (Wildman–Crippen LogP) is 1.44. The quantitative estimate of drug-likeness (QED) is 0.838. The zero-order chi connectivity index (χ0) is 11.6. The Labute approximate surface area is 95.5 Å². The molecule has 1 N–H and O–H groups in total. The highest BCUT2D eigenvalue weighted by Crippen LogP contribution is 2.38. The van der Waals surface area contributed by atoms with Crippen LogP contribution in [0.1, 0.15) is 6.92 Å². The Morgan fingerprint density at radius 2 is 1.81 bits per heavy atom. The molecule has 16 heavy (non-hydrogen) atoms. The molecule has 1 aliphatic rings. The first-order valence-electron chi connectivity index (χ1n) is 5.29. The lowest BCUT2D eigenvalue weighted by molar-refractivity contribution is 0.0320. The number of para-hydroxylation sites is 1. The van der Waals surface area contributed by atoms with Gasteiger partial charge >= 0.3 is 0 Å². The molecule has 0 amide bonds. The van der Waals surface area contributed by atoms with Crippen LogP contribution in [0.2, 0.25) is 0 Å². The number of methoxy groups -OCH3 is 2. The Bertz CT molecular complexity index is 375. The largest absolute Gasteiger partial charge is 0.493 e. The van der Waals surface area contributed by atoms with Crippen LogP contribution in [0, 0.1) is 0 Å². The second-order valence-electron chi connectivity index (χ2n) is 4.15. The summed E-state index contributed by atoms with van der Waals surface area (Å²) in [7, 11) is 3.24. The molecule has 88 valence electrons. The van der Waals surface area contributed by atoms with Crippen molar-refractivity contribution >= 4 is 0 Å². The molecule has 1 aromatic carbocycles. The van der Waals surface area contributed by atoms with Gasteiger partial charge in [0.15, 0.2) is 11.5 Å². The summed E-state index contributed by atoms with van der Waals surface area (Å²) in [6, 6.07) is 5.64. The summed E-state index contributed by atoms with van der Waals surface area (Å²) in [4.78, 5) is 0. The topological polar surface area (TPSA) is 39.7 Å². The van der Waals surface area contributed by atoms with Crippen LogP contribution in [-0.2, 0) is 0 Å². The Balaban J connectivity index is 2.25. The van der Waals surface area contributed by atoms with Gasteiger partial charge in [0.05, 0.1) is 14.2 Å². The fraction of sp³-hybridized carbons (Fsp3) is 0.500. The van der Waals surface area contributed by atoms with E-state index in [-0.39, 0.29) is 5.60 Å². The molecule has 1 heterocycles. The van der Waals surface area contributed by atoms with Gasteiger partial charge in [-0.15, -0.1) is 0 Å². The lowest BCUT2D eigenvalue weighted by atomic mass is 10.00. The van der Waals surface area contributed by atoms with Crippen LogP contribution in [0.15, 0.2) is 18.2 Å². The van der Waals surface area contributed by atoms with Gasteiger partial charge in [0.1, 0.15) is 5.60 Å². The molecule has 4 nitrogen and oxygen atoms in total. The van der Waals surface area contributed by atoms with E-state index >= 15 is 0 Å². The first kappa shape index (κ1) is 11.1. The van der Waals surface area contributed by atoms with Gasteiger partial charge in [0.2, 0.25) is 5.75 Å². The SMILES string of the molecule is COc1cccc(OC2(C)CNC2)c1OC. The second kappa shape index (κ2) is 4.22. The molecule has 1 saturated heterocycles. The number of nitrogens with one attached hydrogen (secondary N) is 1. The summed E-state index contributed by atoms with van der Waals surface area (Å²) < 4.78 is 16.5. The van der Waals surface area contributed by atoms with Crippen molar-refractivity contribution in [1.82, 2.24) is 5.32 Å². The minimum atomic E-state index is -0.139. The van der Waals surface area contributed by atoms with Gasteiger partial charge in [0, 0.05) is 13.1 Å². The lowest BCUT2D eigenvalue weighted by Crippen LogP contribution is -2.61. The van der Waals surface area contributed by atoms with E-state index in [1.54, 1.807) is 14.2 Å². The Morgan fingerprint density at radius 1 is 1.12 bits per heavy atom. The van der Waals surface area contributed by atoms with Gasteiger partial charge in [-0.3, -0.25) is 0 Å². The standard InChI is InChI=1S/C12H17NO3/c1-12(7-13-8-12)16-10-6-4-5-9(14-2)11(10)15-3/h4-6,13H,7-8H2,1-3H3. The fourth-order valence-corrected chi connectivity index (χ4v) is 1.75. The molecule has 0 saturated carbocycles. The van der Waals surface area contributed by atoms with E-state index < -0.39 is 0 Å². The third-order valence-corrected chi connectivity index (χ3v) is 2.72. The van der Waals surface area contributed by atoms with Crippen LogP contribution in [0.5, 0.6) is 17.2 Å². The average molecular weight is 223 g/mol. The zero-order valence-corrected chi connectivity index (χ0v) is 9.87. The number of rotatable bonds is 4. The van der Waals surface area contributed by atoms with E-state index in [0.717, 1.165) is 18.8 Å². The summed E-state index contributed by atoms with van der Waals surface area (Å²) in [6.45, 7) is 3.78. The van der Waals surface area contributed by atoms with Crippen molar-refractivity contribution in [3.63, 3.8) is 0 Å². The smallest absolute Gasteiger partial charge is 0.203 e. The van der Waals surface area contributed by atoms with Gasteiger partial charge in [-0.05, 0) is 19.1 Å². The molecule has 0 spiro atoms. The van der Waals surface area contributed by atoms with E-state index in [9.17, 15) is 0 Å². The van der Waals surface area contributed by atoms with Crippen molar-refractivity contribution in [3.05, 3.63) is 18.2 Å². The van der Waals surface area contributed by atoms with Crippen LogP contribution in [-0.4, -0.2) is 32.9 Å². The van der Waals surface area contributed by atoms with E-state index in [4.69, 9.17) is 14.2 Å². The molecule has 0 bridgehead atoms. The molecule has 0 radical (unpaired) electrons. The maximum atomic E-state index is 5.93. The van der Waals surface area contributed by atoms with Crippen LogP contribution in [0.4, 0.5) is 0 Å². The zero-order valence-electron chi connectivity index (χ0n) is 9.87. The molecule has 4 heteroatoms. The van der Waals surface area contributed by atoms with Crippen molar-refractivity contribution < 1.29 is 14.2 Å². The van der Waals surface area contributed by atoms with Gasteiger partial charge < -0.3 is 19.5 Å². The normalized spacial score (nSPS) is 17.4. The summed E-state index contributed by atoms with van der Waals surface area (Å²) >= 11 is 0. The van der Waals surface area contributed by atoms with E-state index in [1.807, 2.05) is 18.2 Å². The van der Waals surface area contributed by atoms with E-state index in [2.05, 4.69) is 12.2 Å². The van der Waals surface area contributed by atoms with Crippen molar-refractivity contribution in [2.75, 3.05) is 27.3 Å². The van der Waals surface area contributed by atoms with Crippen molar-refractivity contribution in [1.29, 1.82) is 0 Å². The van der Waals surface area contributed by atoms with Crippen LogP contribution < -0.4 is 19.5 Å². The average Bonchev–Trinajstić information content (AvgIpc) is 2.26. The van der Waals surface area contributed by atoms with E-state index in [1.165, 1.54) is 0 Å². The Kier molecular flexibility index (Phi) is 2.92. The molecule has 0 unspecified atom stereocenters. The Morgan fingerprint density at radius 3 is 2.31 bits per heavy atom. The Hall–Kier alpha value is -1.42. The highest BCUT2D eigenvalue weighted by atomic mass is 16.5. The van der Waals surface area contributed by atoms with Gasteiger partial charge in [-0.25, -0.2) is 0 Å². The second-order valence-corrected chi connectivity index (χ2v) is 4.15. The molecule has 1 fully saturated rings. The third-order valence-electron chi connectivity index (χ3n) is 2.72. The number of hydrogen-bond donors (Lipinski definition) is 1. The number of hydrogen-bond acceptors (Lipinski definition) is 4. The maximum absolute atomic E-state index is 5.93. The molecule has 2 rings (SSSR count). The predicted molar refractivity (Wildman–Crippen MR) is 61.4 cm³/mol. The first-order valence-corrected chi connectivity index (χ1v) is 5.29. The van der Waals surface area contributed by atoms with Gasteiger partial charge in [0.25, 0.3) is 0 Å².